The van der Waals surface area contributed by atoms with Crippen molar-refractivity contribution in [3.63, 3.8) is 0 Å². The van der Waals surface area contributed by atoms with Crippen molar-refractivity contribution < 1.29 is 9.90 Å². The highest BCUT2D eigenvalue weighted by molar-refractivity contribution is 5.79. The summed E-state index contributed by atoms with van der Waals surface area (Å²) in [6, 6.07) is 0. The zero-order chi connectivity index (χ0) is 16.6. The molecule has 0 spiro atoms. The molecule has 1 N–H and O–H groups in total. The molecule has 0 aromatic heterocycles. The fourth-order valence-electron chi connectivity index (χ4n) is 5.30. The Hall–Kier alpha value is -1.15. The van der Waals surface area contributed by atoms with E-state index in [-0.39, 0.29) is 17.4 Å². The molecular weight excluding hydrogens is 284 g/mol. The van der Waals surface area contributed by atoms with Crippen LogP contribution in [0.1, 0.15) is 65.2 Å². The van der Waals surface area contributed by atoms with E-state index >= 15 is 0 Å². The fourth-order valence-corrected chi connectivity index (χ4v) is 5.30. The van der Waals surface area contributed by atoms with Crippen LogP contribution in [0.3, 0.4) is 0 Å². The smallest absolute Gasteiger partial charge is 0.133 e. The van der Waals surface area contributed by atoms with Crippen LogP contribution in [0.5, 0.6) is 0 Å². The number of allylic oxidation sites excluding steroid dienone is 4. The molecule has 4 atom stereocenters. The van der Waals surface area contributed by atoms with Crippen LogP contribution >= 0.6 is 0 Å². The van der Waals surface area contributed by atoms with Gasteiger partial charge in [-0.05, 0) is 75.2 Å². The highest BCUT2D eigenvalue weighted by Gasteiger charge is 2.50. The van der Waals surface area contributed by atoms with Gasteiger partial charge in [-0.1, -0.05) is 36.8 Å². The molecule has 0 heterocycles. The topological polar surface area (TPSA) is 37.3 Å². The van der Waals surface area contributed by atoms with Crippen molar-refractivity contribution in [3.8, 4) is 0 Å². The lowest BCUT2D eigenvalue weighted by Crippen LogP contribution is -2.36. The second-order valence-electron chi connectivity index (χ2n) is 8.09. The average Bonchev–Trinajstić information content (AvgIpc) is 2.86. The predicted molar refractivity (Wildman–Crippen MR) is 94.0 cm³/mol. The van der Waals surface area contributed by atoms with E-state index in [1.165, 1.54) is 29.6 Å². The average molecular weight is 314 g/mol. The van der Waals surface area contributed by atoms with Crippen LogP contribution in [0.4, 0.5) is 0 Å². The van der Waals surface area contributed by atoms with Crippen molar-refractivity contribution in [2.75, 3.05) is 0 Å². The Morgan fingerprint density at radius 3 is 2.78 bits per heavy atom. The van der Waals surface area contributed by atoms with Crippen LogP contribution in [-0.4, -0.2) is 17.0 Å². The quantitative estimate of drug-likeness (QED) is 0.799. The molecule has 0 bridgehead atoms. The number of carbonyl (C=O) groups is 1. The first-order chi connectivity index (χ1) is 10.9. The van der Waals surface area contributed by atoms with Gasteiger partial charge in [-0.3, -0.25) is 4.79 Å². The van der Waals surface area contributed by atoms with E-state index < -0.39 is 0 Å². The molecule has 3 aliphatic carbocycles. The van der Waals surface area contributed by atoms with Crippen molar-refractivity contribution in [2.45, 2.75) is 71.3 Å². The minimum absolute atomic E-state index is 0.164. The number of rotatable bonds is 2. The lowest BCUT2D eigenvalue weighted by molar-refractivity contribution is -0.124. The summed E-state index contributed by atoms with van der Waals surface area (Å²) < 4.78 is 0. The summed E-state index contributed by atoms with van der Waals surface area (Å²) in [5.41, 5.74) is 4.07. The Bertz CT molecular complexity index is 568. The third-order valence-corrected chi connectivity index (χ3v) is 6.64. The molecule has 3 saturated carbocycles. The molecule has 0 saturated heterocycles. The second-order valence-corrected chi connectivity index (χ2v) is 8.09. The van der Waals surface area contributed by atoms with Gasteiger partial charge in [-0.2, -0.15) is 0 Å². The van der Waals surface area contributed by atoms with Crippen LogP contribution in [0, 0.1) is 17.3 Å². The molecule has 3 unspecified atom stereocenters. The summed E-state index contributed by atoms with van der Waals surface area (Å²) in [6.07, 6.45) is 12.5. The number of aliphatic hydroxyl groups excluding tert-OH is 1. The minimum atomic E-state index is -0.213. The summed E-state index contributed by atoms with van der Waals surface area (Å²) in [4.78, 5) is 12.0. The SMILES string of the molecule is C=C1CC[C@H](O)C/C1=C/C=C1\CCCC2(C)C(C(C)=O)CCC12. The van der Waals surface area contributed by atoms with Crippen LogP contribution in [0.15, 0.2) is 35.5 Å². The van der Waals surface area contributed by atoms with Gasteiger partial charge in [0.15, 0.2) is 0 Å². The van der Waals surface area contributed by atoms with Crippen molar-refractivity contribution in [1.82, 2.24) is 0 Å². The largest absolute Gasteiger partial charge is 0.393 e. The van der Waals surface area contributed by atoms with Crippen LogP contribution < -0.4 is 0 Å². The summed E-state index contributed by atoms with van der Waals surface area (Å²) >= 11 is 0. The van der Waals surface area contributed by atoms with E-state index in [0.29, 0.717) is 11.7 Å². The number of carbonyl (C=O) groups excluding carboxylic acids is 1. The Morgan fingerprint density at radius 1 is 1.26 bits per heavy atom. The number of hydrogen-bond donors (Lipinski definition) is 1. The molecular formula is C21H30O2. The molecule has 0 aromatic carbocycles. The van der Waals surface area contributed by atoms with Gasteiger partial charge < -0.3 is 5.11 Å². The molecule has 2 heteroatoms. The van der Waals surface area contributed by atoms with E-state index in [4.69, 9.17) is 0 Å². The standard InChI is InChI=1S/C21H30O2/c1-14-6-9-18(23)13-17(14)8-7-16-5-4-12-21(3)19(15(2)22)10-11-20(16)21/h7-8,18-20,23H,1,4-6,9-13H2,2-3H3/b16-7+,17-8-/t18-,19?,20?,21?/m0/s1. The molecule has 2 nitrogen and oxygen atoms in total. The first-order valence-electron chi connectivity index (χ1n) is 9.18. The zero-order valence-corrected chi connectivity index (χ0v) is 14.6. The molecule has 3 rings (SSSR count). The van der Waals surface area contributed by atoms with Crippen molar-refractivity contribution in [1.29, 1.82) is 0 Å². The number of hydrogen-bond acceptors (Lipinski definition) is 2. The number of fused-ring (bicyclic) bond motifs is 1. The van der Waals surface area contributed by atoms with E-state index in [1.54, 1.807) is 6.92 Å². The van der Waals surface area contributed by atoms with E-state index in [0.717, 1.165) is 38.5 Å². The molecule has 0 amide bonds. The molecule has 3 aliphatic rings. The first kappa shape index (κ1) is 16.7. The maximum Gasteiger partial charge on any atom is 0.133 e. The molecule has 0 radical (unpaired) electrons. The molecule has 23 heavy (non-hydrogen) atoms. The lowest BCUT2D eigenvalue weighted by atomic mass is 9.63. The fraction of sp³-hybridized carbons (Fsp3) is 0.667. The predicted octanol–water partition coefficient (Wildman–Crippen LogP) is 4.75. The second kappa shape index (κ2) is 6.39. The van der Waals surface area contributed by atoms with Crippen LogP contribution in [-0.2, 0) is 4.79 Å². The van der Waals surface area contributed by atoms with E-state index in [1.807, 2.05) is 0 Å². The summed E-state index contributed by atoms with van der Waals surface area (Å²) in [5.74, 6) is 1.18. The van der Waals surface area contributed by atoms with Crippen LogP contribution in [0.2, 0.25) is 0 Å². The first-order valence-corrected chi connectivity index (χ1v) is 9.18. The summed E-state index contributed by atoms with van der Waals surface area (Å²) in [6.45, 7) is 8.26. The highest BCUT2D eigenvalue weighted by atomic mass is 16.3. The Morgan fingerprint density at radius 2 is 2.04 bits per heavy atom. The number of Topliss-reactive ketones (excluding diaryl/α,β-unsaturated/α-hetero) is 1. The van der Waals surface area contributed by atoms with Gasteiger partial charge in [0, 0.05) is 5.92 Å². The van der Waals surface area contributed by atoms with Gasteiger partial charge in [-0.15, -0.1) is 0 Å². The lowest BCUT2D eigenvalue weighted by Gasteiger charge is -2.41. The Kier molecular flexibility index (Phi) is 4.64. The summed E-state index contributed by atoms with van der Waals surface area (Å²) in [5, 5.41) is 9.88. The van der Waals surface area contributed by atoms with Gasteiger partial charge in [0.25, 0.3) is 0 Å². The Labute approximate surface area is 140 Å². The molecule has 3 fully saturated rings. The Balaban J connectivity index is 1.83. The van der Waals surface area contributed by atoms with Crippen molar-refractivity contribution in [2.24, 2.45) is 17.3 Å². The highest BCUT2D eigenvalue weighted by Crippen LogP contribution is 2.57. The third-order valence-electron chi connectivity index (χ3n) is 6.64. The number of ketones is 1. The van der Waals surface area contributed by atoms with Gasteiger partial charge >= 0.3 is 0 Å². The molecule has 0 aromatic rings. The maximum absolute atomic E-state index is 12.0. The van der Waals surface area contributed by atoms with Gasteiger partial charge in [0.05, 0.1) is 6.10 Å². The van der Waals surface area contributed by atoms with Crippen molar-refractivity contribution in [3.05, 3.63) is 35.5 Å². The molecule has 0 aliphatic heterocycles. The normalized spacial score (nSPS) is 41.3. The van der Waals surface area contributed by atoms with Crippen molar-refractivity contribution >= 4 is 5.78 Å². The monoisotopic (exact) mass is 314 g/mol. The molecule has 126 valence electrons. The summed E-state index contributed by atoms with van der Waals surface area (Å²) in [7, 11) is 0. The van der Waals surface area contributed by atoms with Gasteiger partial charge in [0.2, 0.25) is 0 Å². The van der Waals surface area contributed by atoms with E-state index in [9.17, 15) is 9.90 Å². The van der Waals surface area contributed by atoms with E-state index in [2.05, 4.69) is 25.7 Å². The minimum Gasteiger partial charge on any atom is -0.393 e. The number of aliphatic hydroxyl groups is 1. The van der Waals surface area contributed by atoms with Crippen LogP contribution in [0.25, 0.3) is 0 Å². The zero-order valence-electron chi connectivity index (χ0n) is 14.6. The maximum atomic E-state index is 12.0. The van der Waals surface area contributed by atoms with Gasteiger partial charge in [-0.25, -0.2) is 0 Å². The third kappa shape index (κ3) is 3.10. The van der Waals surface area contributed by atoms with Gasteiger partial charge in [0.1, 0.15) is 5.78 Å².